The summed E-state index contributed by atoms with van der Waals surface area (Å²) in [6, 6.07) is 9.16. The van der Waals surface area contributed by atoms with E-state index < -0.39 is 0 Å². The Bertz CT molecular complexity index is 531. The lowest BCUT2D eigenvalue weighted by atomic mass is 9.97. The van der Waals surface area contributed by atoms with E-state index in [0.717, 1.165) is 24.0 Å². The average Bonchev–Trinajstić information content (AvgIpc) is 2.88. The number of aromatic nitrogens is 3. The first kappa shape index (κ1) is 15.2. The van der Waals surface area contributed by atoms with Gasteiger partial charge in [0.25, 0.3) is 0 Å². The molecule has 3 nitrogen and oxygen atoms in total. The second-order valence-corrected chi connectivity index (χ2v) is 6.28. The van der Waals surface area contributed by atoms with Gasteiger partial charge in [0.15, 0.2) is 0 Å². The molecule has 2 rings (SSSR count). The van der Waals surface area contributed by atoms with Gasteiger partial charge in [-0.1, -0.05) is 45.8 Å². The Morgan fingerprint density at radius 1 is 1.15 bits per heavy atom. The summed E-state index contributed by atoms with van der Waals surface area (Å²) in [4.78, 5) is 4.41. The molecule has 0 amide bonds. The van der Waals surface area contributed by atoms with Crippen LogP contribution in [-0.2, 0) is 12.8 Å². The van der Waals surface area contributed by atoms with Gasteiger partial charge in [0, 0.05) is 17.8 Å². The SMILES string of the molecule is Cc1ccc(CC(CBr)Cc2ncnn2C(C)C)cc1. The molecule has 0 aliphatic heterocycles. The Labute approximate surface area is 129 Å². The van der Waals surface area contributed by atoms with Gasteiger partial charge in [-0.15, -0.1) is 0 Å². The molecular weight excluding hydrogens is 314 g/mol. The van der Waals surface area contributed by atoms with Crippen molar-refractivity contribution in [3.05, 3.63) is 47.5 Å². The van der Waals surface area contributed by atoms with E-state index >= 15 is 0 Å². The molecule has 1 unspecified atom stereocenters. The molecule has 1 aromatic carbocycles. The van der Waals surface area contributed by atoms with Crippen LogP contribution in [0.3, 0.4) is 0 Å². The predicted octanol–water partition coefficient (Wildman–Crippen LogP) is 3.96. The van der Waals surface area contributed by atoms with Crippen molar-refractivity contribution in [2.45, 2.75) is 39.7 Å². The molecule has 0 bridgehead atoms. The molecule has 0 fully saturated rings. The van der Waals surface area contributed by atoms with E-state index in [1.54, 1.807) is 6.33 Å². The summed E-state index contributed by atoms with van der Waals surface area (Å²) < 4.78 is 2.02. The highest BCUT2D eigenvalue weighted by molar-refractivity contribution is 9.09. The van der Waals surface area contributed by atoms with Crippen molar-refractivity contribution in [1.82, 2.24) is 14.8 Å². The molecule has 4 heteroatoms. The summed E-state index contributed by atoms with van der Waals surface area (Å²) in [6.45, 7) is 6.40. The van der Waals surface area contributed by atoms with Crippen LogP contribution in [0.25, 0.3) is 0 Å². The van der Waals surface area contributed by atoms with Crippen LogP contribution in [0.15, 0.2) is 30.6 Å². The van der Waals surface area contributed by atoms with E-state index in [4.69, 9.17) is 0 Å². The fraction of sp³-hybridized carbons (Fsp3) is 0.500. The van der Waals surface area contributed by atoms with Crippen LogP contribution < -0.4 is 0 Å². The summed E-state index contributed by atoms with van der Waals surface area (Å²) in [5.74, 6) is 1.62. The summed E-state index contributed by atoms with van der Waals surface area (Å²) in [6.07, 6.45) is 3.68. The second-order valence-electron chi connectivity index (χ2n) is 5.63. The number of rotatable bonds is 6. The van der Waals surface area contributed by atoms with Gasteiger partial charge in [-0.3, -0.25) is 0 Å². The quantitative estimate of drug-likeness (QED) is 0.748. The van der Waals surface area contributed by atoms with Crippen LogP contribution in [-0.4, -0.2) is 20.1 Å². The van der Waals surface area contributed by atoms with Crippen molar-refractivity contribution in [2.24, 2.45) is 5.92 Å². The summed E-state index contributed by atoms with van der Waals surface area (Å²) >= 11 is 3.64. The molecule has 1 heterocycles. The van der Waals surface area contributed by atoms with Crippen molar-refractivity contribution in [1.29, 1.82) is 0 Å². The molecule has 0 aliphatic carbocycles. The number of hydrogen-bond acceptors (Lipinski definition) is 2. The van der Waals surface area contributed by atoms with Crippen molar-refractivity contribution in [2.75, 3.05) is 5.33 Å². The van der Waals surface area contributed by atoms with E-state index in [0.29, 0.717) is 12.0 Å². The standard InChI is InChI=1S/C16H22BrN3/c1-12(2)20-16(18-11-19-20)9-15(10-17)8-14-6-4-13(3)5-7-14/h4-7,11-12,15H,8-10H2,1-3H3. The molecule has 1 aromatic heterocycles. The summed E-state index contributed by atoms with van der Waals surface area (Å²) in [5, 5.41) is 5.29. The lowest BCUT2D eigenvalue weighted by Gasteiger charge is -2.16. The van der Waals surface area contributed by atoms with Gasteiger partial charge in [-0.05, 0) is 38.7 Å². The smallest absolute Gasteiger partial charge is 0.138 e. The maximum atomic E-state index is 4.41. The van der Waals surface area contributed by atoms with Gasteiger partial charge in [0.1, 0.15) is 12.2 Å². The largest absolute Gasteiger partial charge is 0.248 e. The Morgan fingerprint density at radius 3 is 2.45 bits per heavy atom. The highest BCUT2D eigenvalue weighted by Crippen LogP contribution is 2.18. The lowest BCUT2D eigenvalue weighted by Crippen LogP contribution is -2.16. The summed E-state index contributed by atoms with van der Waals surface area (Å²) in [5.41, 5.74) is 2.69. The third-order valence-electron chi connectivity index (χ3n) is 3.47. The minimum Gasteiger partial charge on any atom is -0.248 e. The number of nitrogens with zero attached hydrogens (tertiary/aromatic N) is 3. The van der Waals surface area contributed by atoms with Gasteiger partial charge in [0.05, 0.1) is 0 Å². The summed E-state index contributed by atoms with van der Waals surface area (Å²) in [7, 11) is 0. The van der Waals surface area contributed by atoms with Crippen molar-refractivity contribution >= 4 is 15.9 Å². The van der Waals surface area contributed by atoms with Gasteiger partial charge in [-0.2, -0.15) is 5.10 Å². The minimum absolute atomic E-state index is 0.364. The van der Waals surface area contributed by atoms with E-state index in [1.807, 2.05) is 4.68 Å². The highest BCUT2D eigenvalue weighted by atomic mass is 79.9. The topological polar surface area (TPSA) is 30.7 Å². The monoisotopic (exact) mass is 335 g/mol. The van der Waals surface area contributed by atoms with Crippen LogP contribution in [0.4, 0.5) is 0 Å². The first-order chi connectivity index (χ1) is 9.60. The molecule has 0 N–H and O–H groups in total. The predicted molar refractivity (Wildman–Crippen MR) is 86.3 cm³/mol. The number of halogens is 1. The number of aryl methyl sites for hydroxylation is 1. The molecule has 0 spiro atoms. The zero-order chi connectivity index (χ0) is 14.5. The Morgan fingerprint density at radius 2 is 1.85 bits per heavy atom. The van der Waals surface area contributed by atoms with Crippen LogP contribution in [0.2, 0.25) is 0 Å². The van der Waals surface area contributed by atoms with E-state index in [2.05, 4.69) is 71.0 Å². The zero-order valence-electron chi connectivity index (χ0n) is 12.4. The first-order valence-corrected chi connectivity index (χ1v) is 8.22. The maximum absolute atomic E-state index is 4.41. The third-order valence-corrected chi connectivity index (χ3v) is 4.39. The van der Waals surface area contributed by atoms with Crippen LogP contribution in [0.5, 0.6) is 0 Å². The zero-order valence-corrected chi connectivity index (χ0v) is 14.0. The van der Waals surface area contributed by atoms with Crippen LogP contribution in [0, 0.1) is 12.8 Å². The van der Waals surface area contributed by atoms with Crippen molar-refractivity contribution in [3.8, 4) is 0 Å². The average molecular weight is 336 g/mol. The Balaban J connectivity index is 2.05. The van der Waals surface area contributed by atoms with Gasteiger partial charge < -0.3 is 0 Å². The number of alkyl halides is 1. The maximum Gasteiger partial charge on any atom is 0.138 e. The molecule has 1 atom stereocenters. The molecular formula is C16H22BrN3. The number of hydrogen-bond donors (Lipinski definition) is 0. The molecule has 0 saturated heterocycles. The number of benzene rings is 1. The molecule has 0 saturated carbocycles. The minimum atomic E-state index is 0.364. The Kier molecular flexibility index (Phi) is 5.35. The van der Waals surface area contributed by atoms with Crippen molar-refractivity contribution in [3.63, 3.8) is 0 Å². The van der Waals surface area contributed by atoms with E-state index in [1.165, 1.54) is 11.1 Å². The van der Waals surface area contributed by atoms with Gasteiger partial charge >= 0.3 is 0 Å². The van der Waals surface area contributed by atoms with Gasteiger partial charge in [-0.25, -0.2) is 9.67 Å². The molecule has 20 heavy (non-hydrogen) atoms. The fourth-order valence-corrected chi connectivity index (χ4v) is 2.81. The normalized spacial score (nSPS) is 12.8. The fourth-order valence-electron chi connectivity index (χ4n) is 2.35. The highest BCUT2D eigenvalue weighted by Gasteiger charge is 2.15. The molecule has 2 aromatic rings. The van der Waals surface area contributed by atoms with Gasteiger partial charge in [0.2, 0.25) is 0 Å². The Hall–Kier alpha value is -1.16. The molecule has 0 radical (unpaired) electrons. The third kappa shape index (κ3) is 3.92. The van der Waals surface area contributed by atoms with Crippen molar-refractivity contribution < 1.29 is 0 Å². The second kappa shape index (κ2) is 7.02. The van der Waals surface area contributed by atoms with Crippen LogP contribution in [0.1, 0.15) is 36.8 Å². The first-order valence-electron chi connectivity index (χ1n) is 7.10. The van der Waals surface area contributed by atoms with E-state index in [-0.39, 0.29) is 0 Å². The molecule has 0 aliphatic rings. The lowest BCUT2D eigenvalue weighted by molar-refractivity contribution is 0.473. The van der Waals surface area contributed by atoms with E-state index in [9.17, 15) is 0 Å². The van der Waals surface area contributed by atoms with Crippen LogP contribution >= 0.6 is 15.9 Å². The molecule has 108 valence electrons.